The van der Waals surface area contributed by atoms with E-state index in [0.29, 0.717) is 43.1 Å². The molecule has 44 heavy (non-hydrogen) atoms. The lowest BCUT2D eigenvalue weighted by Crippen LogP contribution is -2.45. The number of anilines is 1. The third kappa shape index (κ3) is 6.11. The van der Waals surface area contributed by atoms with Gasteiger partial charge in [0.25, 0.3) is 0 Å². The molecule has 4 fully saturated rings. The summed E-state index contributed by atoms with van der Waals surface area (Å²) < 4.78 is 45.7. The lowest BCUT2D eigenvalue weighted by molar-refractivity contribution is 0.0135. The van der Waals surface area contributed by atoms with Crippen molar-refractivity contribution in [2.24, 2.45) is 17.3 Å². The largest absolute Gasteiger partial charge is 0.463 e. The number of hydrogen-bond acceptors (Lipinski definition) is 9. The molecule has 0 amide bonds. The van der Waals surface area contributed by atoms with Crippen LogP contribution in [0.1, 0.15) is 69.4 Å². The number of fused-ring (bicyclic) bond motifs is 7. The minimum atomic E-state index is -1.53. The van der Waals surface area contributed by atoms with Crippen LogP contribution in [-0.4, -0.2) is 97.0 Å². The SMILES string of the molecule is CN(C)CC1(COc2nc3c4cnc(c(F)c4n2)C2C(CCCCOC[C@@]4(F)CCCCN3C4)C(Cl)CC3NNCC32)CC1. The van der Waals surface area contributed by atoms with Crippen LogP contribution in [0.2, 0.25) is 0 Å². The highest BCUT2D eigenvalue weighted by Crippen LogP contribution is 2.49. The fourth-order valence-corrected chi connectivity index (χ4v) is 8.74. The van der Waals surface area contributed by atoms with E-state index in [1.54, 1.807) is 6.20 Å². The van der Waals surface area contributed by atoms with Crippen molar-refractivity contribution in [1.82, 2.24) is 30.7 Å². The van der Waals surface area contributed by atoms with E-state index in [0.717, 1.165) is 64.5 Å². The van der Waals surface area contributed by atoms with Crippen molar-refractivity contribution in [2.75, 3.05) is 65.0 Å². The van der Waals surface area contributed by atoms with Crippen LogP contribution in [0.5, 0.6) is 6.01 Å². The lowest BCUT2D eigenvalue weighted by Gasteiger charge is -2.42. The van der Waals surface area contributed by atoms with Gasteiger partial charge in [0, 0.05) is 55.2 Å². The predicted molar refractivity (Wildman–Crippen MR) is 166 cm³/mol. The van der Waals surface area contributed by atoms with Gasteiger partial charge in [-0.2, -0.15) is 9.97 Å². The van der Waals surface area contributed by atoms with E-state index in [1.807, 2.05) is 4.90 Å². The first-order valence-corrected chi connectivity index (χ1v) is 17.0. The van der Waals surface area contributed by atoms with Crippen LogP contribution in [0.4, 0.5) is 14.6 Å². The minimum Gasteiger partial charge on any atom is -0.463 e. The molecule has 2 aliphatic carbocycles. The minimum absolute atomic E-state index is 0.0327. The Hall–Kier alpha value is -1.92. The number of halogens is 3. The van der Waals surface area contributed by atoms with Crippen LogP contribution < -0.4 is 20.5 Å². The van der Waals surface area contributed by atoms with E-state index in [1.165, 1.54) is 0 Å². The summed E-state index contributed by atoms with van der Waals surface area (Å²) in [6.45, 7) is 3.33. The molecule has 242 valence electrons. The molecule has 2 aromatic rings. The molecule has 5 unspecified atom stereocenters. The molecule has 2 N–H and O–H groups in total. The second-order valence-corrected chi connectivity index (χ2v) is 15.0. The molecule has 0 aromatic carbocycles. The number of hydrogen-bond donors (Lipinski definition) is 2. The number of nitrogens with zero attached hydrogens (tertiary/aromatic N) is 5. The van der Waals surface area contributed by atoms with E-state index in [4.69, 9.17) is 36.0 Å². The zero-order valence-corrected chi connectivity index (χ0v) is 26.7. The Kier molecular flexibility index (Phi) is 8.63. The number of aromatic nitrogens is 3. The molecule has 6 atom stereocenters. The average Bonchev–Trinajstić information content (AvgIpc) is 3.64. The fourth-order valence-electron chi connectivity index (χ4n) is 8.26. The Morgan fingerprint density at radius 2 is 2.02 bits per heavy atom. The summed E-state index contributed by atoms with van der Waals surface area (Å²) in [5.41, 5.74) is 5.78. The number of nitrogens with one attached hydrogen (secondary N) is 2. The topological polar surface area (TPSA) is 87.7 Å². The number of hydrazine groups is 1. The third-order valence-corrected chi connectivity index (χ3v) is 11.1. The number of alkyl halides is 2. The molecular weight excluding hydrogens is 588 g/mol. The van der Waals surface area contributed by atoms with Gasteiger partial charge in [-0.25, -0.2) is 8.78 Å². The molecule has 2 saturated heterocycles. The molecule has 12 heteroatoms. The Morgan fingerprint density at radius 1 is 1.16 bits per heavy atom. The molecule has 2 aromatic heterocycles. The number of ether oxygens (including phenoxy) is 2. The van der Waals surface area contributed by atoms with Crippen molar-refractivity contribution in [2.45, 2.75) is 80.8 Å². The fraction of sp³-hybridized carbons (Fsp3) is 0.781. The highest BCUT2D eigenvalue weighted by Gasteiger charge is 2.49. The first kappa shape index (κ1) is 30.7. The highest BCUT2D eigenvalue weighted by atomic mass is 35.5. The van der Waals surface area contributed by atoms with Gasteiger partial charge in [-0.05, 0) is 77.3 Å². The van der Waals surface area contributed by atoms with Crippen molar-refractivity contribution in [3.8, 4) is 6.01 Å². The van der Waals surface area contributed by atoms with E-state index in [2.05, 4.69) is 29.8 Å². The van der Waals surface area contributed by atoms with E-state index < -0.39 is 11.5 Å². The third-order valence-electron chi connectivity index (χ3n) is 10.6. The van der Waals surface area contributed by atoms with E-state index in [9.17, 15) is 0 Å². The standard InChI is InChI=1S/C32H46ClF2N7O2/c1-41(2)16-31(9-10-31)18-44-30-38-27-22-14-36-28(26(27)34)25-20(23(33)13-24-21(25)15-37-40-24)7-3-6-12-43-19-32(35)8-4-5-11-42(17-32)29(22)39-30/h14,20-21,23-25,37,40H,3-13,15-19H2,1-2H3/t20?,21?,23?,24?,25?,32-/m1/s1. The van der Waals surface area contributed by atoms with Gasteiger partial charge in [0.1, 0.15) is 11.3 Å². The van der Waals surface area contributed by atoms with Crippen molar-refractivity contribution in [3.63, 3.8) is 0 Å². The summed E-state index contributed by atoms with van der Waals surface area (Å²) in [6.07, 6.45) is 9.13. The predicted octanol–water partition coefficient (Wildman–Crippen LogP) is 4.59. The molecule has 6 aliphatic rings. The maximum atomic E-state index is 17.0. The monoisotopic (exact) mass is 633 g/mol. The number of pyridine rings is 1. The summed E-state index contributed by atoms with van der Waals surface area (Å²) in [6, 6.07) is 0.280. The molecular formula is C32H46ClF2N7O2. The summed E-state index contributed by atoms with van der Waals surface area (Å²) in [7, 11) is 4.12. The first-order valence-electron chi connectivity index (χ1n) is 16.5. The molecule has 0 radical (unpaired) electrons. The van der Waals surface area contributed by atoms with Gasteiger partial charge in [0.15, 0.2) is 11.5 Å². The summed E-state index contributed by atoms with van der Waals surface area (Å²) >= 11 is 7.06. The van der Waals surface area contributed by atoms with Gasteiger partial charge in [0.2, 0.25) is 0 Å². The molecule has 0 spiro atoms. The van der Waals surface area contributed by atoms with Crippen LogP contribution in [0, 0.1) is 23.1 Å². The summed E-state index contributed by atoms with van der Waals surface area (Å²) in [5, 5.41) is 0.360. The zero-order chi connectivity index (χ0) is 30.5. The van der Waals surface area contributed by atoms with Crippen molar-refractivity contribution in [3.05, 3.63) is 17.7 Å². The van der Waals surface area contributed by atoms with E-state index >= 15 is 8.78 Å². The Morgan fingerprint density at radius 3 is 2.84 bits per heavy atom. The van der Waals surface area contributed by atoms with Crippen molar-refractivity contribution < 1.29 is 18.3 Å². The Labute approximate surface area is 263 Å². The number of rotatable bonds is 5. The van der Waals surface area contributed by atoms with Gasteiger partial charge in [-0.1, -0.05) is 6.42 Å². The molecule has 9 nitrogen and oxygen atoms in total. The van der Waals surface area contributed by atoms with Crippen LogP contribution in [0.3, 0.4) is 0 Å². The van der Waals surface area contributed by atoms with Gasteiger partial charge in [0.05, 0.1) is 30.8 Å². The van der Waals surface area contributed by atoms with Gasteiger partial charge in [-0.3, -0.25) is 15.8 Å². The Balaban J connectivity index is 1.34. The smallest absolute Gasteiger partial charge is 0.319 e. The van der Waals surface area contributed by atoms with Gasteiger partial charge in [-0.15, -0.1) is 11.6 Å². The summed E-state index contributed by atoms with van der Waals surface area (Å²) in [5.74, 6) is 0.0671. The molecule has 4 aliphatic heterocycles. The van der Waals surface area contributed by atoms with E-state index in [-0.39, 0.29) is 59.3 Å². The second kappa shape index (κ2) is 12.4. The van der Waals surface area contributed by atoms with Crippen LogP contribution in [0.25, 0.3) is 10.9 Å². The molecule has 6 bridgehead atoms. The Bertz CT molecular complexity index is 1350. The van der Waals surface area contributed by atoms with Crippen molar-refractivity contribution >= 4 is 28.3 Å². The van der Waals surface area contributed by atoms with Crippen LogP contribution in [0.15, 0.2) is 6.20 Å². The normalized spacial score (nSPS) is 33.8. The molecule has 6 heterocycles. The molecule has 2 saturated carbocycles. The second-order valence-electron chi connectivity index (χ2n) is 14.4. The quantitative estimate of drug-likeness (QED) is 0.459. The molecule has 8 rings (SSSR count). The first-order chi connectivity index (χ1) is 21.2. The van der Waals surface area contributed by atoms with Gasteiger partial charge >= 0.3 is 6.01 Å². The maximum Gasteiger partial charge on any atom is 0.319 e. The summed E-state index contributed by atoms with van der Waals surface area (Å²) in [4.78, 5) is 18.5. The van der Waals surface area contributed by atoms with Gasteiger partial charge < -0.3 is 19.3 Å². The zero-order valence-electron chi connectivity index (χ0n) is 26.0. The van der Waals surface area contributed by atoms with Crippen LogP contribution >= 0.6 is 11.6 Å². The maximum absolute atomic E-state index is 17.0. The average molecular weight is 634 g/mol. The van der Waals surface area contributed by atoms with Crippen LogP contribution in [-0.2, 0) is 4.74 Å². The highest BCUT2D eigenvalue weighted by molar-refractivity contribution is 6.21. The van der Waals surface area contributed by atoms with Crippen molar-refractivity contribution in [1.29, 1.82) is 0 Å². The lowest BCUT2D eigenvalue weighted by atomic mass is 9.66.